The number of hydrogen-bond donors (Lipinski definition) is 0. The highest BCUT2D eigenvalue weighted by atomic mass is 28.3. The van der Waals surface area contributed by atoms with Crippen molar-refractivity contribution in [1.82, 2.24) is 0 Å². The van der Waals surface area contributed by atoms with Gasteiger partial charge in [-0.05, 0) is 19.3 Å². The van der Waals surface area contributed by atoms with Gasteiger partial charge >= 0.3 is 0 Å². The Balaban J connectivity index is 3.57. The molecule has 0 aliphatic rings. The standard InChI is InChI=1S/C13H28Si2/c1-14(2,3)12-10-8-7-9-11-13-15(4,5)6/h10-13H,7-9H2,1-6H3. The van der Waals surface area contributed by atoms with Crippen molar-refractivity contribution in [3.05, 3.63) is 23.6 Å². The summed E-state index contributed by atoms with van der Waals surface area (Å²) in [5.74, 6) is 0. The first kappa shape index (κ1) is 14.9. The molecule has 0 aliphatic carbocycles. The largest absolute Gasteiger partial charge is 0.0989 e. The lowest BCUT2D eigenvalue weighted by Crippen LogP contribution is -2.15. The van der Waals surface area contributed by atoms with Crippen LogP contribution in [0.15, 0.2) is 23.6 Å². The molecule has 0 N–H and O–H groups in total. The zero-order valence-electron chi connectivity index (χ0n) is 11.4. The Morgan fingerprint density at radius 3 is 1.27 bits per heavy atom. The van der Waals surface area contributed by atoms with Gasteiger partial charge in [-0.1, -0.05) is 62.8 Å². The van der Waals surface area contributed by atoms with Crippen molar-refractivity contribution in [2.45, 2.75) is 58.5 Å². The van der Waals surface area contributed by atoms with Crippen molar-refractivity contribution in [3.8, 4) is 0 Å². The fraction of sp³-hybridized carbons (Fsp3) is 0.692. The first-order chi connectivity index (χ1) is 6.71. The Morgan fingerprint density at radius 1 is 0.667 bits per heavy atom. The van der Waals surface area contributed by atoms with Crippen molar-refractivity contribution < 1.29 is 0 Å². The molecule has 2 heteroatoms. The topological polar surface area (TPSA) is 0 Å². The molecule has 15 heavy (non-hydrogen) atoms. The SMILES string of the molecule is C[Si](C)(C)C=CCCCC=C[Si](C)(C)C. The Bertz CT molecular complexity index is 190. The van der Waals surface area contributed by atoms with E-state index in [1.165, 1.54) is 19.3 Å². The molecule has 0 nitrogen and oxygen atoms in total. The second kappa shape index (κ2) is 6.49. The van der Waals surface area contributed by atoms with Crippen LogP contribution in [-0.4, -0.2) is 16.1 Å². The van der Waals surface area contributed by atoms with E-state index in [0.717, 1.165) is 0 Å². The maximum Gasteiger partial charge on any atom is 0.0682 e. The van der Waals surface area contributed by atoms with Crippen LogP contribution < -0.4 is 0 Å². The van der Waals surface area contributed by atoms with Gasteiger partial charge in [-0.15, -0.1) is 0 Å². The minimum Gasteiger partial charge on any atom is -0.0989 e. The molecule has 0 spiro atoms. The summed E-state index contributed by atoms with van der Waals surface area (Å²) >= 11 is 0. The maximum atomic E-state index is 2.45. The van der Waals surface area contributed by atoms with Crippen LogP contribution in [0.3, 0.4) is 0 Å². The van der Waals surface area contributed by atoms with Gasteiger partial charge in [0.05, 0.1) is 16.1 Å². The number of allylic oxidation sites excluding steroid dienone is 2. The smallest absolute Gasteiger partial charge is 0.0682 e. The van der Waals surface area contributed by atoms with E-state index in [1.54, 1.807) is 0 Å². The number of rotatable bonds is 6. The first-order valence-corrected chi connectivity index (χ1v) is 13.2. The molecule has 0 fully saturated rings. The van der Waals surface area contributed by atoms with Gasteiger partial charge in [0.25, 0.3) is 0 Å². The minimum atomic E-state index is -0.947. The second-order valence-corrected chi connectivity index (χ2v) is 16.6. The van der Waals surface area contributed by atoms with Crippen LogP contribution in [0, 0.1) is 0 Å². The van der Waals surface area contributed by atoms with Gasteiger partial charge in [-0.25, -0.2) is 0 Å². The summed E-state index contributed by atoms with van der Waals surface area (Å²) in [5.41, 5.74) is 4.91. The van der Waals surface area contributed by atoms with Gasteiger partial charge in [0.2, 0.25) is 0 Å². The molecule has 0 amide bonds. The third kappa shape index (κ3) is 13.9. The fourth-order valence-corrected chi connectivity index (χ4v) is 2.97. The Hall–Kier alpha value is -0.0862. The van der Waals surface area contributed by atoms with Gasteiger partial charge in [-0.2, -0.15) is 0 Å². The van der Waals surface area contributed by atoms with Crippen molar-refractivity contribution in [2.75, 3.05) is 0 Å². The molecule has 88 valence electrons. The molecule has 0 atom stereocenters. The number of unbranched alkanes of at least 4 members (excludes halogenated alkanes) is 2. The van der Waals surface area contributed by atoms with E-state index in [1.807, 2.05) is 0 Å². The monoisotopic (exact) mass is 240 g/mol. The highest BCUT2D eigenvalue weighted by Gasteiger charge is 2.06. The van der Waals surface area contributed by atoms with E-state index in [0.29, 0.717) is 0 Å². The molecule has 0 unspecified atom stereocenters. The Kier molecular flexibility index (Phi) is 6.45. The average Bonchev–Trinajstić information content (AvgIpc) is 1.98. The van der Waals surface area contributed by atoms with Crippen LogP contribution >= 0.6 is 0 Å². The molecule has 0 aromatic rings. The summed E-state index contributed by atoms with van der Waals surface area (Å²) in [6.45, 7) is 14.3. The summed E-state index contributed by atoms with van der Waals surface area (Å²) < 4.78 is 0. The third-order valence-electron chi connectivity index (χ3n) is 1.98. The predicted molar refractivity (Wildman–Crippen MR) is 78.8 cm³/mol. The lowest BCUT2D eigenvalue weighted by Gasteiger charge is -2.08. The predicted octanol–water partition coefficient (Wildman–Crippen LogP) is 5.02. The summed E-state index contributed by atoms with van der Waals surface area (Å²) in [6, 6.07) is 0. The van der Waals surface area contributed by atoms with Crippen LogP contribution in [0.1, 0.15) is 19.3 Å². The lowest BCUT2D eigenvalue weighted by molar-refractivity contribution is 0.869. The molecule has 0 heterocycles. The molecule has 0 aromatic heterocycles. The van der Waals surface area contributed by atoms with E-state index in [-0.39, 0.29) is 0 Å². The van der Waals surface area contributed by atoms with Gasteiger partial charge < -0.3 is 0 Å². The quantitative estimate of drug-likeness (QED) is 0.451. The van der Waals surface area contributed by atoms with E-state index in [9.17, 15) is 0 Å². The van der Waals surface area contributed by atoms with Crippen molar-refractivity contribution in [1.29, 1.82) is 0 Å². The van der Waals surface area contributed by atoms with Crippen molar-refractivity contribution in [2.24, 2.45) is 0 Å². The summed E-state index contributed by atoms with van der Waals surface area (Å²) in [6.07, 6.45) is 8.58. The van der Waals surface area contributed by atoms with Crippen LogP contribution in [0.2, 0.25) is 39.3 Å². The lowest BCUT2D eigenvalue weighted by atomic mass is 10.2. The van der Waals surface area contributed by atoms with E-state index < -0.39 is 16.1 Å². The van der Waals surface area contributed by atoms with Crippen LogP contribution in [-0.2, 0) is 0 Å². The third-order valence-corrected chi connectivity index (χ3v) is 4.45. The first-order valence-electron chi connectivity index (χ1n) is 6.06. The van der Waals surface area contributed by atoms with Gasteiger partial charge in [0.15, 0.2) is 0 Å². The summed E-state index contributed by atoms with van der Waals surface area (Å²) in [4.78, 5) is 0. The zero-order chi connectivity index (χ0) is 11.9. The molecule has 0 rings (SSSR count). The van der Waals surface area contributed by atoms with Gasteiger partial charge in [-0.3, -0.25) is 0 Å². The fourth-order valence-electron chi connectivity index (χ4n) is 1.23. The second-order valence-electron chi connectivity index (χ2n) is 6.47. The Morgan fingerprint density at radius 2 is 1.00 bits per heavy atom. The molecular weight excluding hydrogens is 212 g/mol. The van der Waals surface area contributed by atoms with Crippen LogP contribution in [0.5, 0.6) is 0 Å². The van der Waals surface area contributed by atoms with E-state index in [4.69, 9.17) is 0 Å². The maximum absolute atomic E-state index is 2.45. The summed E-state index contributed by atoms with van der Waals surface area (Å²) in [5, 5.41) is 0. The molecule has 0 aliphatic heterocycles. The highest BCUT2D eigenvalue weighted by Crippen LogP contribution is 2.07. The average molecular weight is 241 g/mol. The van der Waals surface area contributed by atoms with E-state index >= 15 is 0 Å². The number of hydrogen-bond acceptors (Lipinski definition) is 0. The Labute approximate surface area is 98.5 Å². The van der Waals surface area contributed by atoms with Gasteiger partial charge in [0.1, 0.15) is 0 Å². The minimum absolute atomic E-state index is 0.947. The van der Waals surface area contributed by atoms with E-state index in [2.05, 4.69) is 62.8 Å². The molecule has 0 bridgehead atoms. The normalized spacial score (nSPS) is 14.3. The van der Waals surface area contributed by atoms with Crippen molar-refractivity contribution >= 4 is 16.1 Å². The molecular formula is C13H28Si2. The van der Waals surface area contributed by atoms with Gasteiger partial charge in [0, 0.05) is 0 Å². The molecule has 0 aromatic carbocycles. The van der Waals surface area contributed by atoms with Crippen molar-refractivity contribution in [3.63, 3.8) is 0 Å². The van der Waals surface area contributed by atoms with Crippen LogP contribution in [0.25, 0.3) is 0 Å². The molecule has 0 saturated heterocycles. The summed E-state index contributed by atoms with van der Waals surface area (Å²) in [7, 11) is -1.89. The highest BCUT2D eigenvalue weighted by molar-refractivity contribution is 6.81. The van der Waals surface area contributed by atoms with Crippen LogP contribution in [0.4, 0.5) is 0 Å². The molecule has 0 saturated carbocycles. The molecule has 0 radical (unpaired) electrons. The zero-order valence-corrected chi connectivity index (χ0v) is 13.4.